The summed E-state index contributed by atoms with van der Waals surface area (Å²) in [6.07, 6.45) is 4.13. The minimum atomic E-state index is -0.778. The minimum Gasteiger partial charge on any atom is -0.491 e. The third-order valence-corrected chi connectivity index (χ3v) is 6.61. The molecule has 0 aliphatic heterocycles. The molecule has 10 heteroatoms. The number of para-hydroxylation sites is 2. The number of amides is 2. The van der Waals surface area contributed by atoms with Gasteiger partial charge in [0.05, 0.1) is 24.1 Å². The van der Waals surface area contributed by atoms with E-state index in [0.717, 1.165) is 4.90 Å². The molecule has 0 aromatic heterocycles. The van der Waals surface area contributed by atoms with Crippen LogP contribution in [-0.4, -0.2) is 49.8 Å². The first-order chi connectivity index (χ1) is 19.4. The molecule has 0 fully saturated rings. The molecule has 0 aliphatic rings. The number of carbonyl (C=O) groups is 2. The van der Waals surface area contributed by atoms with Crippen LogP contribution in [0.5, 0.6) is 5.75 Å². The Morgan fingerprint density at radius 2 is 1.82 bits per heavy atom. The molecule has 0 aliphatic carbocycles. The van der Waals surface area contributed by atoms with E-state index in [4.69, 9.17) is 25.1 Å². The number of aliphatic hydroxyl groups excluding tert-OH is 1. The lowest BCUT2D eigenvalue weighted by atomic mass is 10.00. The monoisotopic (exact) mass is 565 g/mol. The molecule has 0 radical (unpaired) electrons. The molecule has 2 amide bonds. The SMILES string of the molecule is CO[C@H](CC/C=C/C(=O)Nc1ccccc1N)[C@H](OC(=O)Nc1ccc(SC)cc1)c1cccc(OCCO)c1. The lowest BCUT2D eigenvalue weighted by molar-refractivity contribution is -0.111. The van der Waals surface area contributed by atoms with Crippen molar-refractivity contribution in [2.75, 3.05) is 42.9 Å². The van der Waals surface area contributed by atoms with Crippen LogP contribution in [0, 0.1) is 0 Å². The first kappa shape index (κ1) is 30.6. The molecular formula is C30H35N3O6S. The van der Waals surface area contributed by atoms with Crippen LogP contribution in [0.15, 0.2) is 89.8 Å². The molecule has 3 aromatic rings. The van der Waals surface area contributed by atoms with E-state index in [1.807, 2.05) is 24.5 Å². The highest BCUT2D eigenvalue weighted by atomic mass is 32.2. The average Bonchev–Trinajstić information content (AvgIpc) is 2.97. The second kappa shape index (κ2) is 16.2. The quantitative estimate of drug-likeness (QED) is 0.112. The zero-order chi connectivity index (χ0) is 28.7. The number of anilines is 3. The predicted molar refractivity (Wildman–Crippen MR) is 159 cm³/mol. The Kier molecular flexibility index (Phi) is 12.4. The molecule has 0 heterocycles. The van der Waals surface area contributed by atoms with Crippen molar-refractivity contribution in [2.45, 2.75) is 29.9 Å². The van der Waals surface area contributed by atoms with Crippen LogP contribution in [0.4, 0.5) is 21.9 Å². The lowest BCUT2D eigenvalue weighted by Crippen LogP contribution is -2.28. The largest absolute Gasteiger partial charge is 0.491 e. The summed E-state index contributed by atoms with van der Waals surface area (Å²) in [7, 11) is 1.54. The van der Waals surface area contributed by atoms with Gasteiger partial charge in [0.25, 0.3) is 0 Å². The first-order valence-electron chi connectivity index (χ1n) is 12.7. The standard InChI is InChI=1S/C30H35N3O6S/c1-37-27(12-5-6-13-28(35)33-26-11-4-3-10-25(26)31)29(21-8-7-9-23(20-21)38-19-18-34)39-30(36)32-22-14-16-24(40-2)17-15-22/h3-4,6-11,13-17,20,27,29,34H,5,12,18-19,31H2,1-2H3,(H,32,36)(H,33,35)/b13-6+/t27-,29-/m1/s1. The molecule has 9 nitrogen and oxygen atoms in total. The van der Waals surface area contributed by atoms with Gasteiger partial charge in [-0.1, -0.05) is 30.3 Å². The number of nitrogens with one attached hydrogen (secondary N) is 2. The molecule has 5 N–H and O–H groups in total. The molecule has 212 valence electrons. The molecule has 3 aromatic carbocycles. The van der Waals surface area contributed by atoms with Gasteiger partial charge in [-0.15, -0.1) is 11.8 Å². The van der Waals surface area contributed by atoms with E-state index >= 15 is 0 Å². The van der Waals surface area contributed by atoms with E-state index in [9.17, 15) is 9.59 Å². The van der Waals surface area contributed by atoms with Crippen LogP contribution in [0.2, 0.25) is 0 Å². The number of nitrogen functional groups attached to an aromatic ring is 1. The number of hydrogen-bond donors (Lipinski definition) is 4. The van der Waals surface area contributed by atoms with Crippen LogP contribution in [0.3, 0.4) is 0 Å². The van der Waals surface area contributed by atoms with Gasteiger partial charge in [0.15, 0.2) is 6.10 Å². The summed E-state index contributed by atoms with van der Waals surface area (Å²) in [6.45, 7) is 0.00998. The van der Waals surface area contributed by atoms with E-state index in [1.54, 1.807) is 79.5 Å². The van der Waals surface area contributed by atoms with Gasteiger partial charge in [-0.2, -0.15) is 0 Å². The predicted octanol–water partition coefficient (Wildman–Crippen LogP) is 5.64. The van der Waals surface area contributed by atoms with Gasteiger partial charge < -0.3 is 30.4 Å². The van der Waals surface area contributed by atoms with Gasteiger partial charge in [0, 0.05) is 17.7 Å². The molecule has 0 unspecified atom stereocenters. The van der Waals surface area contributed by atoms with E-state index < -0.39 is 18.3 Å². The van der Waals surface area contributed by atoms with E-state index in [1.165, 1.54) is 6.08 Å². The highest BCUT2D eigenvalue weighted by molar-refractivity contribution is 7.98. The minimum absolute atomic E-state index is 0.126. The summed E-state index contributed by atoms with van der Waals surface area (Å²) in [5.41, 5.74) is 8.17. The second-order valence-corrected chi connectivity index (χ2v) is 9.53. The fraction of sp³-hybridized carbons (Fsp3) is 0.267. The summed E-state index contributed by atoms with van der Waals surface area (Å²) < 4.78 is 17.2. The van der Waals surface area contributed by atoms with Crippen LogP contribution in [-0.2, 0) is 14.3 Å². The Hall–Kier alpha value is -3.99. The van der Waals surface area contributed by atoms with Crippen molar-refractivity contribution in [3.05, 3.63) is 90.5 Å². The third kappa shape index (κ3) is 9.64. The Balaban J connectivity index is 1.70. The molecule has 3 rings (SSSR count). The van der Waals surface area contributed by atoms with Gasteiger partial charge in [-0.25, -0.2) is 4.79 Å². The zero-order valence-electron chi connectivity index (χ0n) is 22.5. The number of aliphatic hydroxyl groups is 1. The number of methoxy groups -OCH3 is 1. The average molecular weight is 566 g/mol. The molecule has 0 spiro atoms. The van der Waals surface area contributed by atoms with E-state index in [2.05, 4.69) is 10.6 Å². The van der Waals surface area contributed by atoms with Crippen molar-refractivity contribution < 1.29 is 28.9 Å². The number of thioether (sulfide) groups is 1. The third-order valence-electron chi connectivity index (χ3n) is 5.86. The van der Waals surface area contributed by atoms with Crippen molar-refractivity contribution >= 4 is 40.8 Å². The van der Waals surface area contributed by atoms with Crippen molar-refractivity contribution in [2.24, 2.45) is 0 Å². The summed E-state index contributed by atoms with van der Waals surface area (Å²) in [5, 5.41) is 14.6. The molecule has 0 bridgehead atoms. The highest BCUT2D eigenvalue weighted by Crippen LogP contribution is 2.30. The number of allylic oxidation sites excluding steroid dienone is 1. The number of hydrogen-bond acceptors (Lipinski definition) is 8. The Labute approximate surface area is 238 Å². The maximum Gasteiger partial charge on any atom is 0.412 e. The fourth-order valence-electron chi connectivity index (χ4n) is 3.87. The maximum absolute atomic E-state index is 12.9. The number of ether oxygens (including phenoxy) is 3. The first-order valence-corrected chi connectivity index (χ1v) is 14.0. The van der Waals surface area contributed by atoms with Crippen LogP contribution in [0.1, 0.15) is 24.5 Å². The summed E-state index contributed by atoms with van der Waals surface area (Å²) >= 11 is 1.61. The van der Waals surface area contributed by atoms with Gasteiger partial charge in [-0.05, 0) is 79.3 Å². The molecular weight excluding hydrogens is 530 g/mol. The van der Waals surface area contributed by atoms with Crippen molar-refractivity contribution in [3.63, 3.8) is 0 Å². The van der Waals surface area contributed by atoms with Crippen LogP contribution >= 0.6 is 11.8 Å². The Bertz CT molecular complexity index is 1270. The van der Waals surface area contributed by atoms with Crippen molar-refractivity contribution in [3.8, 4) is 5.75 Å². The Morgan fingerprint density at radius 3 is 2.52 bits per heavy atom. The Morgan fingerprint density at radius 1 is 1.05 bits per heavy atom. The van der Waals surface area contributed by atoms with Gasteiger partial charge in [0.1, 0.15) is 12.4 Å². The smallest absolute Gasteiger partial charge is 0.412 e. The normalized spacial score (nSPS) is 12.5. The van der Waals surface area contributed by atoms with Gasteiger partial charge in [-0.3, -0.25) is 10.1 Å². The maximum atomic E-state index is 12.9. The molecule has 0 saturated heterocycles. The van der Waals surface area contributed by atoms with Gasteiger partial charge >= 0.3 is 6.09 Å². The molecule has 40 heavy (non-hydrogen) atoms. The number of benzene rings is 3. The summed E-state index contributed by atoms with van der Waals surface area (Å²) in [6, 6.07) is 21.5. The summed E-state index contributed by atoms with van der Waals surface area (Å²) in [4.78, 5) is 26.3. The van der Waals surface area contributed by atoms with E-state index in [-0.39, 0.29) is 19.1 Å². The summed E-state index contributed by atoms with van der Waals surface area (Å²) in [5.74, 6) is 0.222. The molecule has 2 atom stereocenters. The van der Waals surface area contributed by atoms with Gasteiger partial charge in [0.2, 0.25) is 5.91 Å². The molecule has 0 saturated carbocycles. The number of carbonyl (C=O) groups excluding carboxylic acids is 2. The van der Waals surface area contributed by atoms with Crippen molar-refractivity contribution in [1.29, 1.82) is 0 Å². The number of nitrogens with two attached hydrogens (primary N) is 1. The second-order valence-electron chi connectivity index (χ2n) is 8.65. The van der Waals surface area contributed by atoms with Crippen LogP contribution < -0.4 is 21.1 Å². The topological polar surface area (TPSA) is 132 Å². The number of rotatable bonds is 14. The van der Waals surface area contributed by atoms with Crippen LogP contribution in [0.25, 0.3) is 0 Å². The van der Waals surface area contributed by atoms with Crippen molar-refractivity contribution in [1.82, 2.24) is 0 Å². The zero-order valence-corrected chi connectivity index (χ0v) is 23.4. The van der Waals surface area contributed by atoms with E-state index in [0.29, 0.717) is 41.2 Å². The lowest BCUT2D eigenvalue weighted by Gasteiger charge is -2.26. The fourth-order valence-corrected chi connectivity index (χ4v) is 4.28. The highest BCUT2D eigenvalue weighted by Gasteiger charge is 2.27.